The van der Waals surface area contributed by atoms with Gasteiger partial charge in [0, 0.05) is 12.1 Å². The van der Waals surface area contributed by atoms with Crippen LogP contribution >= 0.6 is 0 Å². The SMILES string of the molecule is C=C/C=C\C(=C)[C@H](C)NC(=O)CC1(CN2Cc3ccc(OC)cc3C2=O)NC(=O)NC1=O. The number of nitrogens with one attached hydrogen (secondary N) is 3. The lowest BCUT2D eigenvalue weighted by Gasteiger charge is -2.30. The van der Waals surface area contributed by atoms with E-state index in [1.165, 1.54) is 12.0 Å². The zero-order valence-corrected chi connectivity index (χ0v) is 18.1. The molecular weight excluding hydrogens is 412 g/mol. The highest BCUT2D eigenvalue weighted by atomic mass is 16.5. The van der Waals surface area contributed by atoms with Gasteiger partial charge in [0.25, 0.3) is 11.8 Å². The Kier molecular flexibility index (Phi) is 6.47. The molecule has 3 rings (SSSR count). The third-order valence-corrected chi connectivity index (χ3v) is 5.51. The number of hydrogen-bond acceptors (Lipinski definition) is 5. The van der Waals surface area contributed by atoms with Gasteiger partial charge in [-0.25, -0.2) is 4.79 Å². The van der Waals surface area contributed by atoms with Crippen molar-refractivity contribution in [2.45, 2.75) is 31.5 Å². The van der Waals surface area contributed by atoms with Gasteiger partial charge in [-0.05, 0) is 30.2 Å². The lowest BCUT2D eigenvalue weighted by Crippen LogP contribution is -2.58. The molecule has 9 heteroatoms. The smallest absolute Gasteiger partial charge is 0.322 e. The maximum absolute atomic E-state index is 12.9. The number of imide groups is 1. The van der Waals surface area contributed by atoms with E-state index in [-0.39, 0.29) is 25.4 Å². The Hall–Kier alpha value is -3.88. The number of ether oxygens (including phenoxy) is 1. The molecule has 0 aliphatic carbocycles. The van der Waals surface area contributed by atoms with Crippen molar-refractivity contribution < 1.29 is 23.9 Å². The maximum Gasteiger partial charge on any atom is 0.322 e. The summed E-state index contributed by atoms with van der Waals surface area (Å²) in [5.74, 6) is -0.880. The van der Waals surface area contributed by atoms with E-state index in [1.807, 2.05) is 0 Å². The lowest BCUT2D eigenvalue weighted by molar-refractivity contribution is -0.130. The number of carbonyl (C=O) groups is 4. The molecule has 0 saturated carbocycles. The minimum atomic E-state index is -1.58. The molecule has 1 saturated heterocycles. The van der Waals surface area contributed by atoms with Crippen molar-refractivity contribution in [2.75, 3.05) is 13.7 Å². The highest BCUT2D eigenvalue weighted by molar-refractivity contribution is 6.09. The van der Waals surface area contributed by atoms with Crippen molar-refractivity contribution in [3.63, 3.8) is 0 Å². The van der Waals surface area contributed by atoms with Crippen LogP contribution in [0.5, 0.6) is 5.75 Å². The van der Waals surface area contributed by atoms with Gasteiger partial charge in [-0.1, -0.05) is 37.5 Å². The molecule has 9 nitrogen and oxygen atoms in total. The number of methoxy groups -OCH3 is 1. The Labute approximate surface area is 186 Å². The molecule has 5 amide bonds. The van der Waals surface area contributed by atoms with Gasteiger partial charge in [0.1, 0.15) is 11.3 Å². The van der Waals surface area contributed by atoms with Crippen LogP contribution in [0.4, 0.5) is 4.79 Å². The van der Waals surface area contributed by atoms with Gasteiger partial charge in [0.2, 0.25) is 5.91 Å². The number of amides is 5. The van der Waals surface area contributed by atoms with Crippen molar-refractivity contribution in [3.05, 3.63) is 66.3 Å². The number of rotatable bonds is 9. The quantitative estimate of drug-likeness (QED) is 0.398. The molecule has 1 aromatic rings. The summed E-state index contributed by atoms with van der Waals surface area (Å²) in [5.41, 5.74) is 0.305. The Morgan fingerprint density at radius 2 is 2.12 bits per heavy atom. The number of nitrogens with zero attached hydrogens (tertiary/aromatic N) is 1. The molecule has 3 N–H and O–H groups in total. The summed E-state index contributed by atoms with van der Waals surface area (Å²) in [7, 11) is 1.51. The van der Waals surface area contributed by atoms with Crippen LogP contribution in [0.15, 0.2) is 55.2 Å². The predicted octanol–water partition coefficient (Wildman–Crippen LogP) is 1.42. The van der Waals surface area contributed by atoms with Crippen LogP contribution in [0.1, 0.15) is 29.3 Å². The largest absolute Gasteiger partial charge is 0.497 e. The van der Waals surface area contributed by atoms with E-state index in [1.54, 1.807) is 43.4 Å². The van der Waals surface area contributed by atoms with Crippen LogP contribution < -0.4 is 20.7 Å². The van der Waals surface area contributed by atoms with Gasteiger partial charge >= 0.3 is 6.03 Å². The Bertz CT molecular complexity index is 1030. The number of fused-ring (bicyclic) bond motifs is 1. The summed E-state index contributed by atoms with van der Waals surface area (Å²) in [6.07, 6.45) is 4.67. The summed E-state index contributed by atoms with van der Waals surface area (Å²) < 4.78 is 5.18. The molecule has 1 aromatic carbocycles. The summed E-state index contributed by atoms with van der Waals surface area (Å²) >= 11 is 0. The van der Waals surface area contributed by atoms with Crippen molar-refractivity contribution >= 4 is 23.8 Å². The molecular formula is C23H26N4O5. The molecule has 2 heterocycles. The number of carbonyl (C=O) groups excluding carboxylic acids is 4. The topological polar surface area (TPSA) is 117 Å². The second kappa shape index (κ2) is 9.09. The van der Waals surface area contributed by atoms with Crippen LogP contribution in [0.3, 0.4) is 0 Å². The minimum absolute atomic E-state index is 0.153. The van der Waals surface area contributed by atoms with Crippen LogP contribution in [0.2, 0.25) is 0 Å². The number of hydrogen-bond donors (Lipinski definition) is 3. The summed E-state index contributed by atoms with van der Waals surface area (Å²) in [6.45, 7) is 9.33. The summed E-state index contributed by atoms with van der Waals surface area (Å²) in [6, 6.07) is 4.05. The van der Waals surface area contributed by atoms with Crippen molar-refractivity contribution in [1.82, 2.24) is 20.9 Å². The minimum Gasteiger partial charge on any atom is -0.497 e. The highest BCUT2D eigenvalue weighted by Gasteiger charge is 2.50. The van der Waals surface area contributed by atoms with Gasteiger partial charge in [0.05, 0.1) is 26.1 Å². The van der Waals surface area contributed by atoms with Gasteiger partial charge in [-0.2, -0.15) is 0 Å². The first-order valence-corrected chi connectivity index (χ1v) is 10.1. The average molecular weight is 438 g/mol. The van der Waals surface area contributed by atoms with Crippen LogP contribution in [-0.2, 0) is 16.1 Å². The van der Waals surface area contributed by atoms with Gasteiger partial charge in [-0.15, -0.1) is 0 Å². The van der Waals surface area contributed by atoms with Crippen LogP contribution in [0.25, 0.3) is 0 Å². The highest BCUT2D eigenvalue weighted by Crippen LogP contribution is 2.29. The standard InChI is InChI=1S/C23H26N4O5/c1-5-6-7-14(2)15(3)24-19(28)11-23(21(30)25-22(31)26-23)13-27-12-16-8-9-17(32-4)10-18(16)20(27)29/h5-10,15H,1-2,11-13H2,3-4H3,(H,24,28)(H2,25,26,30,31)/b7-6-/t15-,23?/m0/s1. The molecule has 32 heavy (non-hydrogen) atoms. The second-order valence-electron chi connectivity index (χ2n) is 7.81. The maximum atomic E-state index is 12.9. The van der Waals surface area contributed by atoms with E-state index in [0.717, 1.165) is 5.56 Å². The first-order chi connectivity index (χ1) is 15.2. The van der Waals surface area contributed by atoms with E-state index in [9.17, 15) is 19.2 Å². The lowest BCUT2D eigenvalue weighted by atomic mass is 9.93. The number of benzene rings is 1. The Balaban J connectivity index is 1.76. The molecule has 2 aliphatic rings. The zero-order chi connectivity index (χ0) is 23.5. The van der Waals surface area contributed by atoms with E-state index >= 15 is 0 Å². The average Bonchev–Trinajstić information content (AvgIpc) is 3.20. The Morgan fingerprint density at radius 1 is 1.38 bits per heavy atom. The van der Waals surface area contributed by atoms with E-state index in [4.69, 9.17) is 4.74 Å². The van der Waals surface area contributed by atoms with E-state index in [2.05, 4.69) is 29.1 Å². The predicted molar refractivity (Wildman–Crippen MR) is 118 cm³/mol. The molecule has 0 bridgehead atoms. The van der Waals surface area contributed by atoms with Crippen LogP contribution in [-0.4, -0.2) is 53.9 Å². The normalized spacial score (nSPS) is 20.6. The fourth-order valence-electron chi connectivity index (χ4n) is 3.74. The zero-order valence-electron chi connectivity index (χ0n) is 18.1. The number of allylic oxidation sites excluding steroid dienone is 2. The summed E-state index contributed by atoms with van der Waals surface area (Å²) in [4.78, 5) is 51.8. The molecule has 0 spiro atoms. The third-order valence-electron chi connectivity index (χ3n) is 5.51. The van der Waals surface area contributed by atoms with E-state index < -0.39 is 29.4 Å². The first kappa shape index (κ1) is 22.8. The molecule has 1 fully saturated rings. The number of urea groups is 1. The van der Waals surface area contributed by atoms with Crippen molar-refractivity contribution in [3.8, 4) is 5.75 Å². The molecule has 168 valence electrons. The fourth-order valence-corrected chi connectivity index (χ4v) is 3.74. The van der Waals surface area contributed by atoms with E-state index in [0.29, 0.717) is 16.9 Å². The van der Waals surface area contributed by atoms with Gasteiger partial charge < -0.3 is 20.3 Å². The molecule has 1 unspecified atom stereocenters. The molecule has 2 aliphatic heterocycles. The fraction of sp³-hybridized carbons (Fsp3) is 0.304. The molecule has 0 radical (unpaired) electrons. The van der Waals surface area contributed by atoms with Gasteiger partial charge in [0.15, 0.2) is 0 Å². The monoisotopic (exact) mass is 438 g/mol. The van der Waals surface area contributed by atoms with Crippen LogP contribution in [0, 0.1) is 0 Å². The van der Waals surface area contributed by atoms with Gasteiger partial charge in [-0.3, -0.25) is 19.7 Å². The summed E-state index contributed by atoms with van der Waals surface area (Å²) in [5, 5.41) is 7.50. The van der Waals surface area contributed by atoms with Crippen molar-refractivity contribution in [1.29, 1.82) is 0 Å². The molecule has 2 atom stereocenters. The third kappa shape index (κ3) is 4.56. The van der Waals surface area contributed by atoms with Crippen molar-refractivity contribution in [2.24, 2.45) is 0 Å². The second-order valence-corrected chi connectivity index (χ2v) is 7.81. The molecule has 0 aromatic heterocycles. The Morgan fingerprint density at radius 3 is 2.75 bits per heavy atom. The first-order valence-electron chi connectivity index (χ1n) is 10.1.